The van der Waals surface area contributed by atoms with Crippen molar-refractivity contribution in [2.24, 2.45) is 5.92 Å². The fourth-order valence-electron chi connectivity index (χ4n) is 2.84. The van der Waals surface area contributed by atoms with Gasteiger partial charge in [0, 0.05) is 19.5 Å². The number of nitrogens with zero attached hydrogens (tertiary/aromatic N) is 1. The molecule has 1 aliphatic rings. The van der Waals surface area contributed by atoms with Gasteiger partial charge in [-0.1, -0.05) is 24.6 Å². The minimum atomic E-state index is 0.290. The number of carbonyl (C=O) groups excluding carboxylic acids is 1. The predicted molar refractivity (Wildman–Crippen MR) is 83.8 cm³/mol. The number of aryl methyl sites for hydroxylation is 1. The number of likely N-dealkylation sites (tertiary alicyclic amines) is 1. The molecule has 20 heavy (non-hydrogen) atoms. The Morgan fingerprint density at radius 3 is 3.00 bits per heavy atom. The minimum absolute atomic E-state index is 0.290. The van der Waals surface area contributed by atoms with Crippen molar-refractivity contribution < 1.29 is 4.79 Å². The van der Waals surface area contributed by atoms with E-state index < -0.39 is 0 Å². The topological polar surface area (TPSA) is 46.3 Å². The first-order valence-corrected chi connectivity index (χ1v) is 7.79. The van der Waals surface area contributed by atoms with E-state index in [-0.39, 0.29) is 5.91 Å². The number of rotatable bonds is 5. The third kappa shape index (κ3) is 3.89. The molecule has 0 spiro atoms. The summed E-state index contributed by atoms with van der Waals surface area (Å²) in [5.41, 5.74) is 7.58. The largest absolute Gasteiger partial charge is 0.398 e. The SMILES string of the molecule is CCC(=O)N1CCC(CCCc2ccc(N)c(Cl)c2)C1. The predicted octanol–water partition coefficient (Wildman–Crippen LogP) is 3.50. The van der Waals surface area contributed by atoms with E-state index >= 15 is 0 Å². The van der Waals surface area contributed by atoms with E-state index in [4.69, 9.17) is 17.3 Å². The first-order valence-electron chi connectivity index (χ1n) is 7.41. The molecule has 1 saturated heterocycles. The number of halogens is 1. The van der Waals surface area contributed by atoms with E-state index in [1.807, 2.05) is 30.0 Å². The van der Waals surface area contributed by atoms with Crippen molar-refractivity contribution in [1.82, 2.24) is 4.90 Å². The number of anilines is 1. The first kappa shape index (κ1) is 15.2. The van der Waals surface area contributed by atoms with Crippen molar-refractivity contribution in [3.8, 4) is 0 Å². The van der Waals surface area contributed by atoms with Crippen LogP contribution in [0.2, 0.25) is 5.02 Å². The van der Waals surface area contributed by atoms with Crippen LogP contribution in [0.5, 0.6) is 0 Å². The highest BCUT2D eigenvalue weighted by Crippen LogP contribution is 2.24. The molecule has 2 rings (SSSR count). The Bertz CT molecular complexity index is 476. The summed E-state index contributed by atoms with van der Waals surface area (Å²) in [5.74, 6) is 0.951. The van der Waals surface area contributed by atoms with Gasteiger partial charge in [-0.05, 0) is 49.3 Å². The molecule has 0 radical (unpaired) electrons. The number of carbonyl (C=O) groups is 1. The molecule has 2 N–H and O–H groups in total. The molecule has 0 saturated carbocycles. The molecule has 1 unspecified atom stereocenters. The van der Waals surface area contributed by atoms with E-state index in [0.29, 0.717) is 23.0 Å². The lowest BCUT2D eigenvalue weighted by molar-refractivity contribution is -0.129. The third-order valence-electron chi connectivity index (χ3n) is 4.08. The number of nitrogens with two attached hydrogens (primary N) is 1. The minimum Gasteiger partial charge on any atom is -0.398 e. The van der Waals surface area contributed by atoms with Gasteiger partial charge in [-0.25, -0.2) is 0 Å². The van der Waals surface area contributed by atoms with Crippen LogP contribution < -0.4 is 5.73 Å². The highest BCUT2D eigenvalue weighted by molar-refractivity contribution is 6.33. The standard InChI is InChI=1S/C16H23ClN2O/c1-2-16(20)19-9-8-13(11-19)5-3-4-12-6-7-15(18)14(17)10-12/h6-7,10,13H,2-5,8-9,11,18H2,1H3. The molecule has 1 atom stereocenters. The lowest BCUT2D eigenvalue weighted by atomic mass is 9.99. The quantitative estimate of drug-likeness (QED) is 0.845. The molecule has 0 aliphatic carbocycles. The van der Waals surface area contributed by atoms with Gasteiger partial charge >= 0.3 is 0 Å². The normalized spacial score (nSPS) is 18.5. The zero-order chi connectivity index (χ0) is 14.5. The fourth-order valence-corrected chi connectivity index (χ4v) is 3.04. The number of hydrogen-bond acceptors (Lipinski definition) is 2. The van der Waals surface area contributed by atoms with Crippen LogP contribution in [0.25, 0.3) is 0 Å². The monoisotopic (exact) mass is 294 g/mol. The van der Waals surface area contributed by atoms with E-state index in [0.717, 1.165) is 32.4 Å². The zero-order valence-electron chi connectivity index (χ0n) is 12.1. The number of amides is 1. The second-order valence-electron chi connectivity index (χ2n) is 5.60. The number of nitrogen functional groups attached to an aromatic ring is 1. The lowest BCUT2D eigenvalue weighted by Crippen LogP contribution is -2.27. The second-order valence-corrected chi connectivity index (χ2v) is 6.00. The van der Waals surface area contributed by atoms with Gasteiger partial charge in [0.05, 0.1) is 10.7 Å². The van der Waals surface area contributed by atoms with Crippen LogP contribution in [-0.4, -0.2) is 23.9 Å². The van der Waals surface area contributed by atoms with Crippen LogP contribution in [-0.2, 0) is 11.2 Å². The number of benzene rings is 1. The molecule has 1 amide bonds. The average Bonchev–Trinajstić information content (AvgIpc) is 2.91. The van der Waals surface area contributed by atoms with Crippen molar-refractivity contribution in [2.45, 2.75) is 39.0 Å². The van der Waals surface area contributed by atoms with Gasteiger partial charge in [-0.2, -0.15) is 0 Å². The molecule has 1 fully saturated rings. The van der Waals surface area contributed by atoms with Crippen LogP contribution in [0.15, 0.2) is 18.2 Å². The molecule has 1 heterocycles. The van der Waals surface area contributed by atoms with Gasteiger partial charge < -0.3 is 10.6 Å². The molecule has 1 aromatic carbocycles. The first-order chi connectivity index (χ1) is 9.60. The highest BCUT2D eigenvalue weighted by atomic mass is 35.5. The van der Waals surface area contributed by atoms with E-state index in [9.17, 15) is 4.79 Å². The summed E-state index contributed by atoms with van der Waals surface area (Å²) < 4.78 is 0. The second kappa shape index (κ2) is 6.98. The molecular formula is C16H23ClN2O. The summed E-state index contributed by atoms with van der Waals surface area (Å²) in [6.07, 6.45) is 5.11. The van der Waals surface area contributed by atoms with Crippen molar-refractivity contribution in [3.63, 3.8) is 0 Å². The molecular weight excluding hydrogens is 272 g/mol. The maximum atomic E-state index is 11.6. The van der Waals surface area contributed by atoms with Gasteiger partial charge in [0.2, 0.25) is 5.91 Å². The van der Waals surface area contributed by atoms with E-state index in [1.54, 1.807) is 0 Å². The van der Waals surface area contributed by atoms with Crippen LogP contribution in [0.4, 0.5) is 5.69 Å². The maximum Gasteiger partial charge on any atom is 0.222 e. The van der Waals surface area contributed by atoms with Gasteiger partial charge in [0.25, 0.3) is 0 Å². The summed E-state index contributed by atoms with van der Waals surface area (Å²) >= 11 is 6.02. The van der Waals surface area contributed by atoms with Crippen molar-refractivity contribution in [3.05, 3.63) is 28.8 Å². The molecule has 1 aromatic rings. The maximum absolute atomic E-state index is 11.6. The molecule has 0 aromatic heterocycles. The summed E-state index contributed by atoms with van der Waals surface area (Å²) in [7, 11) is 0. The molecule has 4 heteroatoms. The van der Waals surface area contributed by atoms with Crippen LogP contribution in [0.3, 0.4) is 0 Å². The molecule has 3 nitrogen and oxygen atoms in total. The van der Waals surface area contributed by atoms with Crippen molar-refractivity contribution in [2.75, 3.05) is 18.8 Å². The van der Waals surface area contributed by atoms with Gasteiger partial charge in [0.15, 0.2) is 0 Å². The summed E-state index contributed by atoms with van der Waals surface area (Å²) in [4.78, 5) is 13.6. The summed E-state index contributed by atoms with van der Waals surface area (Å²) in [5, 5.41) is 0.642. The Balaban J connectivity index is 1.74. The molecule has 0 bridgehead atoms. The molecule has 110 valence electrons. The Labute approximate surface area is 126 Å². The molecule has 1 aliphatic heterocycles. The van der Waals surface area contributed by atoms with Gasteiger partial charge in [0.1, 0.15) is 0 Å². The fraction of sp³-hybridized carbons (Fsp3) is 0.562. The van der Waals surface area contributed by atoms with Crippen molar-refractivity contribution >= 4 is 23.2 Å². The van der Waals surface area contributed by atoms with Crippen LogP contribution >= 0.6 is 11.6 Å². The highest BCUT2D eigenvalue weighted by Gasteiger charge is 2.24. The Morgan fingerprint density at radius 2 is 2.30 bits per heavy atom. The average molecular weight is 295 g/mol. The summed E-state index contributed by atoms with van der Waals surface area (Å²) in [6, 6.07) is 5.87. The lowest BCUT2D eigenvalue weighted by Gasteiger charge is -2.15. The Kier molecular flexibility index (Phi) is 5.30. The van der Waals surface area contributed by atoms with E-state index in [2.05, 4.69) is 0 Å². The number of hydrogen-bond donors (Lipinski definition) is 1. The van der Waals surface area contributed by atoms with Crippen LogP contribution in [0, 0.1) is 5.92 Å². The smallest absolute Gasteiger partial charge is 0.222 e. The Morgan fingerprint density at radius 1 is 1.50 bits per heavy atom. The van der Waals surface area contributed by atoms with E-state index in [1.165, 1.54) is 12.0 Å². The van der Waals surface area contributed by atoms with Crippen LogP contribution in [0.1, 0.15) is 38.2 Å². The zero-order valence-corrected chi connectivity index (χ0v) is 12.8. The third-order valence-corrected chi connectivity index (χ3v) is 4.41. The van der Waals surface area contributed by atoms with Crippen molar-refractivity contribution in [1.29, 1.82) is 0 Å². The van der Waals surface area contributed by atoms with Gasteiger partial charge in [-0.15, -0.1) is 0 Å². The summed E-state index contributed by atoms with van der Waals surface area (Å²) in [6.45, 7) is 3.81. The Hall–Kier alpha value is -1.22. The van der Waals surface area contributed by atoms with Gasteiger partial charge in [-0.3, -0.25) is 4.79 Å².